The largest absolute Gasteiger partial charge is 0.416 e. The number of carbonyl (C=O) groups is 1. The van der Waals surface area contributed by atoms with Gasteiger partial charge in [0.15, 0.2) is 9.84 Å². The Morgan fingerprint density at radius 2 is 1.45 bits per heavy atom. The van der Waals surface area contributed by atoms with Gasteiger partial charge < -0.3 is 16.0 Å². The van der Waals surface area contributed by atoms with E-state index < -0.39 is 45.0 Å². The Kier molecular flexibility index (Phi) is 10.8. The number of halogens is 8. The highest BCUT2D eigenvalue weighted by Crippen LogP contribution is 2.37. The van der Waals surface area contributed by atoms with Gasteiger partial charge in [-0.25, -0.2) is 13.2 Å². The lowest BCUT2D eigenvalue weighted by Gasteiger charge is -2.20. The van der Waals surface area contributed by atoms with E-state index in [1.165, 1.54) is 12.1 Å². The van der Waals surface area contributed by atoms with Crippen molar-refractivity contribution in [3.8, 4) is 0 Å². The molecule has 0 bridgehead atoms. The third-order valence-corrected chi connectivity index (χ3v) is 7.99. The molecule has 0 spiro atoms. The molecule has 0 heterocycles. The molecule has 2 amide bonds. The first kappa shape index (κ1) is 33.5. The van der Waals surface area contributed by atoms with Gasteiger partial charge in [-0.15, -0.1) is 0 Å². The summed E-state index contributed by atoms with van der Waals surface area (Å²) in [5, 5.41) is 8.29. The number of sulfone groups is 1. The summed E-state index contributed by atoms with van der Waals surface area (Å²) in [7, 11) is -3.32. The van der Waals surface area contributed by atoms with Gasteiger partial charge in [0, 0.05) is 31.0 Å². The molecule has 3 N–H and O–H groups in total. The summed E-state index contributed by atoms with van der Waals surface area (Å²) in [6.45, 7) is 0.785. The van der Waals surface area contributed by atoms with Crippen LogP contribution < -0.4 is 16.0 Å². The van der Waals surface area contributed by atoms with E-state index in [1.807, 2.05) is 5.32 Å². The van der Waals surface area contributed by atoms with Gasteiger partial charge in [-0.1, -0.05) is 41.4 Å². The lowest BCUT2D eigenvalue weighted by Crippen LogP contribution is -2.33. The number of urea groups is 1. The summed E-state index contributed by atoms with van der Waals surface area (Å²) in [5.41, 5.74) is -2.28. The number of alkyl halides is 6. The van der Waals surface area contributed by atoms with Crippen molar-refractivity contribution in [2.24, 2.45) is 0 Å². The van der Waals surface area contributed by atoms with Gasteiger partial charge in [0.25, 0.3) is 0 Å². The molecule has 1 atom stereocenters. The van der Waals surface area contributed by atoms with E-state index in [4.69, 9.17) is 23.2 Å². The second-order valence-corrected chi connectivity index (χ2v) is 12.2. The predicted octanol–water partition coefficient (Wildman–Crippen LogP) is 7.52. The highest BCUT2D eigenvalue weighted by atomic mass is 35.5. The molecule has 3 rings (SSSR count). The number of amides is 2. The molecule has 6 nitrogen and oxygen atoms in total. The van der Waals surface area contributed by atoms with E-state index in [1.54, 1.807) is 30.3 Å². The van der Waals surface area contributed by atoms with Gasteiger partial charge in [-0.2, -0.15) is 26.3 Å². The lowest BCUT2D eigenvalue weighted by atomic mass is 9.95. The summed E-state index contributed by atoms with van der Waals surface area (Å²) in [4.78, 5) is 12.7. The zero-order valence-electron chi connectivity index (χ0n) is 21.8. The molecule has 0 aromatic heterocycles. The van der Waals surface area contributed by atoms with Crippen LogP contribution in [-0.2, 0) is 28.7 Å². The molecular weight excluding hydrogens is 631 g/mol. The van der Waals surface area contributed by atoms with E-state index in [-0.39, 0.29) is 28.4 Å². The Hall–Kier alpha value is -3.00. The molecule has 0 aliphatic heterocycles. The van der Waals surface area contributed by atoms with E-state index in [0.29, 0.717) is 42.2 Å². The first-order chi connectivity index (χ1) is 19.4. The van der Waals surface area contributed by atoms with Gasteiger partial charge in [-0.3, -0.25) is 0 Å². The van der Waals surface area contributed by atoms with Crippen LogP contribution in [0.3, 0.4) is 0 Å². The van der Waals surface area contributed by atoms with Crippen LogP contribution in [0.2, 0.25) is 10.0 Å². The quantitative estimate of drug-likeness (QED) is 0.156. The van der Waals surface area contributed by atoms with Crippen LogP contribution in [0.15, 0.2) is 65.6 Å². The number of benzene rings is 3. The van der Waals surface area contributed by atoms with Gasteiger partial charge in [0.05, 0.1) is 26.1 Å². The van der Waals surface area contributed by atoms with Crippen LogP contribution in [0.4, 0.5) is 36.8 Å². The van der Waals surface area contributed by atoms with E-state index in [9.17, 15) is 39.6 Å². The summed E-state index contributed by atoms with van der Waals surface area (Å²) in [5.74, 6) is -0.377. The van der Waals surface area contributed by atoms with Crippen LogP contribution in [0.1, 0.15) is 34.6 Å². The molecule has 3 aromatic rings. The molecule has 0 radical (unpaired) electrons. The molecular formula is C27H25Cl2F6N3O3S. The van der Waals surface area contributed by atoms with Crippen molar-refractivity contribution in [3.05, 3.63) is 93.0 Å². The first-order valence-corrected chi connectivity index (χ1v) is 14.9. The topological polar surface area (TPSA) is 87.3 Å². The Morgan fingerprint density at radius 1 is 0.857 bits per heavy atom. The van der Waals surface area contributed by atoms with Gasteiger partial charge in [0.1, 0.15) is 0 Å². The minimum absolute atomic E-state index is 0.0313. The molecule has 0 saturated heterocycles. The molecule has 3 aromatic carbocycles. The molecule has 0 aliphatic rings. The maximum absolute atomic E-state index is 13.2. The number of hydrogen-bond donors (Lipinski definition) is 3. The van der Waals surface area contributed by atoms with Gasteiger partial charge in [-0.05, 0) is 66.6 Å². The van der Waals surface area contributed by atoms with Crippen LogP contribution in [0, 0.1) is 0 Å². The fraction of sp³-hybridized carbons (Fsp3) is 0.296. The lowest BCUT2D eigenvalue weighted by molar-refractivity contribution is -0.143. The van der Waals surface area contributed by atoms with E-state index in [2.05, 4.69) is 10.6 Å². The first-order valence-electron chi connectivity index (χ1n) is 12.2. The monoisotopic (exact) mass is 655 g/mol. The normalized spacial score (nSPS) is 13.1. The smallest absolute Gasteiger partial charge is 0.337 e. The fourth-order valence-corrected chi connectivity index (χ4v) is 4.87. The van der Waals surface area contributed by atoms with Gasteiger partial charge in [0.2, 0.25) is 0 Å². The van der Waals surface area contributed by atoms with Crippen molar-refractivity contribution >= 4 is 44.8 Å². The average Bonchev–Trinajstić information content (AvgIpc) is 2.88. The van der Waals surface area contributed by atoms with Crippen molar-refractivity contribution in [3.63, 3.8) is 0 Å². The third kappa shape index (κ3) is 9.79. The van der Waals surface area contributed by atoms with Crippen molar-refractivity contribution < 1.29 is 39.6 Å². The highest BCUT2D eigenvalue weighted by Gasteiger charge is 2.37. The SMILES string of the molecule is CS(=O)(=O)c1ccc(CNCCC(CNC(=O)Nc2cc(C(F)(F)F)cc(C(F)(F)F)c2)c2ccc(Cl)c(Cl)c2)cc1. The third-order valence-electron chi connectivity index (χ3n) is 6.12. The van der Waals surface area contributed by atoms with Crippen molar-refractivity contribution in [1.82, 2.24) is 10.6 Å². The number of nitrogens with one attached hydrogen (secondary N) is 3. The van der Waals surface area contributed by atoms with E-state index >= 15 is 0 Å². The minimum atomic E-state index is -5.06. The zero-order valence-corrected chi connectivity index (χ0v) is 24.2. The van der Waals surface area contributed by atoms with E-state index in [0.717, 1.165) is 11.8 Å². The molecule has 15 heteroatoms. The predicted molar refractivity (Wildman–Crippen MR) is 149 cm³/mol. The van der Waals surface area contributed by atoms with Crippen LogP contribution in [0.25, 0.3) is 0 Å². The summed E-state index contributed by atoms with van der Waals surface area (Å²) >= 11 is 12.1. The molecule has 228 valence electrons. The summed E-state index contributed by atoms with van der Waals surface area (Å²) in [6, 6.07) is 11.0. The fourth-order valence-electron chi connectivity index (χ4n) is 3.93. The minimum Gasteiger partial charge on any atom is -0.337 e. The van der Waals surface area contributed by atoms with Crippen molar-refractivity contribution in [1.29, 1.82) is 0 Å². The second-order valence-electron chi connectivity index (χ2n) is 9.38. The standard InChI is InChI=1S/C27H25Cl2F6N3O3S/c1-42(40,41)22-5-2-16(3-6-22)14-36-9-8-18(17-4-7-23(28)24(29)10-17)15-37-25(39)38-21-12-19(26(30,31)32)11-20(13-21)27(33,34)35/h2-7,10-13,18,36H,8-9,14-15H2,1H3,(H2,37,38,39). The number of hydrogen-bond acceptors (Lipinski definition) is 4. The molecule has 0 saturated carbocycles. The maximum Gasteiger partial charge on any atom is 0.416 e. The number of carbonyl (C=O) groups excluding carboxylic acids is 1. The Bertz CT molecular complexity index is 1480. The Morgan fingerprint density at radius 3 is 1.98 bits per heavy atom. The second kappa shape index (κ2) is 13.5. The molecule has 0 aliphatic carbocycles. The molecule has 42 heavy (non-hydrogen) atoms. The van der Waals surface area contributed by atoms with Crippen LogP contribution >= 0.6 is 23.2 Å². The van der Waals surface area contributed by atoms with Crippen molar-refractivity contribution in [2.75, 3.05) is 24.7 Å². The van der Waals surface area contributed by atoms with Crippen LogP contribution in [0.5, 0.6) is 0 Å². The highest BCUT2D eigenvalue weighted by molar-refractivity contribution is 7.90. The van der Waals surface area contributed by atoms with Gasteiger partial charge >= 0.3 is 18.4 Å². The number of rotatable bonds is 10. The maximum atomic E-state index is 13.2. The number of anilines is 1. The van der Waals surface area contributed by atoms with Crippen molar-refractivity contribution in [2.45, 2.75) is 36.1 Å². The van der Waals surface area contributed by atoms with Crippen LogP contribution in [-0.4, -0.2) is 33.8 Å². The Labute approximate surface area is 248 Å². The zero-order chi connectivity index (χ0) is 31.3. The Balaban J connectivity index is 1.67. The summed E-state index contributed by atoms with van der Waals surface area (Å²) in [6.07, 6.45) is -8.58. The average molecular weight is 656 g/mol. The molecule has 1 unspecified atom stereocenters. The summed E-state index contributed by atoms with van der Waals surface area (Å²) < 4.78 is 102. The molecule has 0 fully saturated rings.